The number of rotatable bonds is 1. The number of para-hydroxylation sites is 1. The van der Waals surface area contributed by atoms with Crippen LogP contribution in [-0.2, 0) is 0 Å². The quantitative estimate of drug-likeness (QED) is 0.834. The zero-order valence-corrected chi connectivity index (χ0v) is 10.2. The molecule has 0 aliphatic carbocycles. The molecule has 3 rings (SSSR count). The number of fused-ring (bicyclic) bond motifs is 1. The third-order valence-electron chi connectivity index (χ3n) is 3.38. The summed E-state index contributed by atoms with van der Waals surface area (Å²) in [5, 5.41) is 4.28. The fourth-order valence-electron chi connectivity index (χ4n) is 2.49. The van der Waals surface area contributed by atoms with Crippen molar-refractivity contribution in [1.82, 2.24) is 10.3 Å². The highest BCUT2D eigenvalue weighted by atomic mass is 19.1. The molecular weight excluding hydrogens is 229 g/mol. The molecule has 3 nitrogen and oxygen atoms in total. The Labute approximate surface area is 106 Å². The molecule has 1 N–H and O–H groups in total. The van der Waals surface area contributed by atoms with E-state index < -0.39 is 0 Å². The summed E-state index contributed by atoms with van der Waals surface area (Å²) in [6.07, 6.45) is 2.80. The maximum atomic E-state index is 13.7. The summed E-state index contributed by atoms with van der Waals surface area (Å²) >= 11 is 0. The summed E-state index contributed by atoms with van der Waals surface area (Å²) in [6.45, 7) is 3.98. The fraction of sp³-hybridized carbons (Fsp3) is 0.357. The van der Waals surface area contributed by atoms with Gasteiger partial charge in [0.25, 0.3) is 0 Å². The second-order valence-electron chi connectivity index (χ2n) is 4.56. The molecule has 1 aliphatic rings. The summed E-state index contributed by atoms with van der Waals surface area (Å²) in [5.41, 5.74) is 1.55. The lowest BCUT2D eigenvalue weighted by Crippen LogP contribution is -2.28. The summed E-state index contributed by atoms with van der Waals surface area (Å²) in [4.78, 5) is 6.45. The smallest absolute Gasteiger partial charge is 0.149 e. The summed E-state index contributed by atoms with van der Waals surface area (Å²) < 4.78 is 13.7. The van der Waals surface area contributed by atoms with Crippen LogP contribution in [0, 0.1) is 5.82 Å². The standard InChI is InChI=1S/C14H16FN3/c15-12-4-1-3-11-13(5-7-17-14(11)12)18-9-2-6-16-8-10-18/h1,3-5,7,16H,2,6,8-10H2. The Morgan fingerprint density at radius 1 is 1.17 bits per heavy atom. The first-order chi connectivity index (χ1) is 8.86. The average molecular weight is 245 g/mol. The van der Waals surface area contributed by atoms with E-state index in [1.54, 1.807) is 12.3 Å². The van der Waals surface area contributed by atoms with Gasteiger partial charge in [0.15, 0.2) is 0 Å². The van der Waals surface area contributed by atoms with Crippen LogP contribution in [0.1, 0.15) is 6.42 Å². The molecule has 0 radical (unpaired) electrons. The number of halogens is 1. The maximum Gasteiger partial charge on any atom is 0.149 e. The molecule has 0 unspecified atom stereocenters. The lowest BCUT2D eigenvalue weighted by Gasteiger charge is -2.23. The van der Waals surface area contributed by atoms with Gasteiger partial charge in [-0.3, -0.25) is 4.98 Å². The van der Waals surface area contributed by atoms with E-state index in [-0.39, 0.29) is 5.82 Å². The van der Waals surface area contributed by atoms with Gasteiger partial charge in [0.05, 0.1) is 0 Å². The van der Waals surface area contributed by atoms with Crippen LogP contribution >= 0.6 is 0 Å². The first-order valence-corrected chi connectivity index (χ1v) is 6.35. The molecule has 2 heterocycles. The minimum atomic E-state index is -0.248. The first-order valence-electron chi connectivity index (χ1n) is 6.35. The molecule has 1 aromatic carbocycles. The molecule has 94 valence electrons. The van der Waals surface area contributed by atoms with E-state index in [4.69, 9.17) is 0 Å². The number of nitrogens with zero attached hydrogens (tertiary/aromatic N) is 2. The Kier molecular flexibility index (Phi) is 3.11. The highest BCUT2D eigenvalue weighted by molar-refractivity contribution is 5.91. The van der Waals surface area contributed by atoms with E-state index >= 15 is 0 Å². The third-order valence-corrected chi connectivity index (χ3v) is 3.38. The predicted octanol–water partition coefficient (Wildman–Crippen LogP) is 2.17. The first kappa shape index (κ1) is 11.4. The minimum Gasteiger partial charge on any atom is -0.370 e. The van der Waals surface area contributed by atoms with E-state index in [1.807, 2.05) is 12.1 Å². The molecule has 0 atom stereocenters. The van der Waals surface area contributed by atoms with Gasteiger partial charge in [-0.05, 0) is 25.1 Å². The van der Waals surface area contributed by atoms with Gasteiger partial charge in [-0.2, -0.15) is 0 Å². The normalized spacial score (nSPS) is 16.8. The van der Waals surface area contributed by atoms with Gasteiger partial charge < -0.3 is 10.2 Å². The molecule has 1 aromatic heterocycles. The van der Waals surface area contributed by atoms with Gasteiger partial charge in [0.1, 0.15) is 11.3 Å². The second-order valence-corrected chi connectivity index (χ2v) is 4.56. The fourth-order valence-corrected chi connectivity index (χ4v) is 2.49. The zero-order chi connectivity index (χ0) is 12.4. The van der Waals surface area contributed by atoms with Crippen molar-refractivity contribution in [2.75, 3.05) is 31.1 Å². The summed E-state index contributed by atoms with van der Waals surface area (Å²) in [5.74, 6) is -0.248. The van der Waals surface area contributed by atoms with Crippen LogP contribution in [0.2, 0.25) is 0 Å². The van der Waals surface area contributed by atoms with Crippen molar-refractivity contribution < 1.29 is 4.39 Å². The van der Waals surface area contributed by atoms with Crippen molar-refractivity contribution in [3.63, 3.8) is 0 Å². The van der Waals surface area contributed by atoms with E-state index in [1.165, 1.54) is 6.07 Å². The van der Waals surface area contributed by atoms with Gasteiger partial charge in [0, 0.05) is 36.9 Å². The van der Waals surface area contributed by atoms with Crippen LogP contribution in [0.25, 0.3) is 10.9 Å². The molecule has 4 heteroatoms. The monoisotopic (exact) mass is 245 g/mol. The average Bonchev–Trinajstić information content (AvgIpc) is 2.67. The molecule has 1 aliphatic heterocycles. The van der Waals surface area contributed by atoms with Crippen molar-refractivity contribution in [2.45, 2.75) is 6.42 Å². The predicted molar refractivity (Wildman–Crippen MR) is 71.4 cm³/mol. The number of nitrogens with one attached hydrogen (secondary N) is 1. The van der Waals surface area contributed by atoms with Gasteiger partial charge in [-0.25, -0.2) is 4.39 Å². The van der Waals surface area contributed by atoms with Gasteiger partial charge in [-0.1, -0.05) is 12.1 Å². The number of aromatic nitrogens is 1. The van der Waals surface area contributed by atoms with E-state index in [2.05, 4.69) is 15.2 Å². The van der Waals surface area contributed by atoms with Gasteiger partial charge in [0.2, 0.25) is 0 Å². The lowest BCUT2D eigenvalue weighted by atomic mass is 10.1. The number of hydrogen-bond donors (Lipinski definition) is 1. The van der Waals surface area contributed by atoms with Crippen LogP contribution in [0.4, 0.5) is 10.1 Å². The largest absolute Gasteiger partial charge is 0.370 e. The molecule has 1 fully saturated rings. The van der Waals surface area contributed by atoms with Crippen LogP contribution in [0.15, 0.2) is 30.5 Å². The van der Waals surface area contributed by atoms with Gasteiger partial charge >= 0.3 is 0 Å². The molecule has 1 saturated heterocycles. The number of benzene rings is 1. The number of pyridine rings is 1. The van der Waals surface area contributed by atoms with Crippen LogP contribution < -0.4 is 10.2 Å². The lowest BCUT2D eigenvalue weighted by molar-refractivity contribution is 0.636. The SMILES string of the molecule is Fc1cccc2c(N3CCCNCC3)ccnc12. The third kappa shape index (κ3) is 2.04. The van der Waals surface area contributed by atoms with Gasteiger partial charge in [-0.15, -0.1) is 0 Å². The van der Waals surface area contributed by atoms with Crippen molar-refractivity contribution in [1.29, 1.82) is 0 Å². The Morgan fingerprint density at radius 3 is 3.06 bits per heavy atom. The highest BCUT2D eigenvalue weighted by Gasteiger charge is 2.13. The van der Waals surface area contributed by atoms with Crippen LogP contribution in [0.3, 0.4) is 0 Å². The van der Waals surface area contributed by atoms with E-state index in [0.717, 1.165) is 43.7 Å². The molecule has 2 aromatic rings. The Bertz CT molecular complexity index is 548. The molecular formula is C14H16FN3. The Hall–Kier alpha value is -1.68. The zero-order valence-electron chi connectivity index (χ0n) is 10.2. The van der Waals surface area contributed by atoms with Crippen molar-refractivity contribution in [2.24, 2.45) is 0 Å². The summed E-state index contributed by atoms with van der Waals surface area (Å²) in [7, 11) is 0. The minimum absolute atomic E-state index is 0.248. The molecule has 18 heavy (non-hydrogen) atoms. The molecule has 0 bridgehead atoms. The Morgan fingerprint density at radius 2 is 2.11 bits per heavy atom. The van der Waals surface area contributed by atoms with E-state index in [0.29, 0.717) is 5.52 Å². The van der Waals surface area contributed by atoms with Crippen molar-refractivity contribution in [3.05, 3.63) is 36.3 Å². The molecule has 0 saturated carbocycles. The summed E-state index contributed by atoms with van der Waals surface area (Å²) in [6, 6.07) is 7.13. The van der Waals surface area contributed by atoms with Crippen LogP contribution in [-0.4, -0.2) is 31.2 Å². The highest BCUT2D eigenvalue weighted by Crippen LogP contribution is 2.27. The topological polar surface area (TPSA) is 28.2 Å². The molecule has 0 amide bonds. The van der Waals surface area contributed by atoms with Crippen LogP contribution in [0.5, 0.6) is 0 Å². The Balaban J connectivity index is 2.08. The number of hydrogen-bond acceptors (Lipinski definition) is 3. The van der Waals surface area contributed by atoms with E-state index in [9.17, 15) is 4.39 Å². The number of anilines is 1. The second kappa shape index (κ2) is 4.90. The van der Waals surface area contributed by atoms with Crippen molar-refractivity contribution >= 4 is 16.6 Å². The molecule has 0 spiro atoms. The maximum absolute atomic E-state index is 13.7. The van der Waals surface area contributed by atoms with Crippen molar-refractivity contribution in [3.8, 4) is 0 Å².